The third-order valence-electron chi connectivity index (χ3n) is 6.89. The van der Waals surface area contributed by atoms with Crippen LogP contribution in [0.3, 0.4) is 0 Å². The van der Waals surface area contributed by atoms with Crippen LogP contribution in [-0.4, -0.2) is 47.1 Å². The van der Waals surface area contributed by atoms with Crippen molar-refractivity contribution in [1.82, 2.24) is 0 Å². The maximum atomic E-state index is 12.9. The van der Waals surface area contributed by atoms with Crippen LogP contribution in [0.4, 0.5) is 0 Å². The fourth-order valence-electron chi connectivity index (χ4n) is 3.54. The zero-order chi connectivity index (χ0) is 28.0. The molecule has 1 heterocycles. The lowest BCUT2D eigenvalue weighted by Crippen LogP contribution is -2.43. The van der Waals surface area contributed by atoms with Crippen LogP contribution in [0.1, 0.15) is 93.4 Å². The predicted molar refractivity (Wildman–Crippen MR) is 156 cm³/mol. The molecule has 1 fully saturated rings. The maximum absolute atomic E-state index is 12.9. The Morgan fingerprint density at radius 3 is 2.30 bits per heavy atom. The average molecular weight is 557 g/mol. The highest BCUT2D eigenvalue weighted by Gasteiger charge is 2.39. The minimum absolute atomic E-state index is 0.0412. The molecular weight excluding hydrogens is 503 g/mol. The SMILES string of the molecule is CCOP(=O)(C#CC(CC/C(C)=C/CC/C(C)=C/COC1CCCCO1)O[Si](C)(C)C(C)(C)C)OCC. The van der Waals surface area contributed by atoms with Gasteiger partial charge in [0.2, 0.25) is 0 Å². The van der Waals surface area contributed by atoms with Gasteiger partial charge in [0.1, 0.15) is 6.10 Å². The lowest BCUT2D eigenvalue weighted by Gasteiger charge is -2.38. The van der Waals surface area contributed by atoms with E-state index in [1.807, 2.05) is 0 Å². The molecule has 1 rings (SSSR count). The Morgan fingerprint density at radius 2 is 1.73 bits per heavy atom. The summed E-state index contributed by atoms with van der Waals surface area (Å²) in [5.41, 5.74) is 5.44. The second-order valence-corrected chi connectivity index (χ2v) is 17.8. The van der Waals surface area contributed by atoms with Gasteiger partial charge in [-0.05, 0) is 90.8 Å². The van der Waals surface area contributed by atoms with Gasteiger partial charge in [0, 0.05) is 12.3 Å². The van der Waals surface area contributed by atoms with E-state index in [0.29, 0.717) is 6.61 Å². The summed E-state index contributed by atoms with van der Waals surface area (Å²) in [6.45, 7) is 21.0. The molecule has 0 aromatic rings. The molecule has 37 heavy (non-hydrogen) atoms. The molecule has 1 aliphatic heterocycles. The number of rotatable bonds is 15. The normalized spacial score (nSPS) is 18.9. The monoisotopic (exact) mass is 556 g/mol. The summed E-state index contributed by atoms with van der Waals surface area (Å²) < 4.78 is 41.7. The Bertz CT molecular complexity index is 818. The topological polar surface area (TPSA) is 63.2 Å². The molecule has 0 radical (unpaired) electrons. The molecule has 0 aromatic heterocycles. The molecule has 2 unspecified atom stereocenters. The molecular formula is C29H53O6PSi. The first-order valence-electron chi connectivity index (χ1n) is 14.0. The summed E-state index contributed by atoms with van der Waals surface area (Å²) in [7, 11) is -5.50. The zero-order valence-electron chi connectivity index (χ0n) is 25.0. The summed E-state index contributed by atoms with van der Waals surface area (Å²) in [5, 5.41) is 0.0536. The Labute approximate surface area is 228 Å². The van der Waals surface area contributed by atoms with Gasteiger partial charge in [-0.15, -0.1) is 0 Å². The van der Waals surface area contributed by atoms with Crippen molar-refractivity contribution in [3.8, 4) is 11.6 Å². The van der Waals surface area contributed by atoms with E-state index in [2.05, 4.69) is 71.4 Å². The summed E-state index contributed by atoms with van der Waals surface area (Å²) in [4.78, 5) is 0. The minimum atomic E-state index is -3.44. The smallest absolute Gasteiger partial charge is 0.403 e. The molecule has 2 atom stereocenters. The highest BCUT2D eigenvalue weighted by molar-refractivity contribution is 7.59. The van der Waals surface area contributed by atoms with Gasteiger partial charge in [0.25, 0.3) is 0 Å². The van der Waals surface area contributed by atoms with Crippen molar-refractivity contribution in [3.05, 3.63) is 23.3 Å². The molecule has 0 N–H and O–H groups in total. The van der Waals surface area contributed by atoms with Gasteiger partial charge in [-0.1, -0.05) is 50.0 Å². The molecule has 0 spiro atoms. The van der Waals surface area contributed by atoms with Crippen LogP contribution in [0.2, 0.25) is 18.1 Å². The summed E-state index contributed by atoms with van der Waals surface area (Å²) in [5.74, 6) is 3.13. The molecule has 0 saturated carbocycles. The van der Waals surface area contributed by atoms with Crippen LogP contribution in [0, 0.1) is 11.6 Å². The van der Waals surface area contributed by atoms with Gasteiger partial charge in [-0.2, -0.15) is 0 Å². The standard InChI is InChI=1S/C29H53O6PSi/c1-10-33-36(30,34-11-2)24-21-27(35-37(8,9)29(5,6)7)19-18-25(3)15-14-16-26(4)20-23-32-28-17-12-13-22-31-28/h15,20,27-28H,10-14,16-19,22-23H2,1-9H3/b25-15+,26-20+. The van der Waals surface area contributed by atoms with Crippen molar-refractivity contribution in [2.75, 3.05) is 26.4 Å². The Hall–Kier alpha value is -0.713. The first kappa shape index (κ1) is 34.3. The zero-order valence-corrected chi connectivity index (χ0v) is 26.9. The molecule has 6 nitrogen and oxygen atoms in total. The van der Waals surface area contributed by atoms with E-state index in [0.717, 1.165) is 45.1 Å². The first-order chi connectivity index (χ1) is 17.3. The fraction of sp³-hybridized carbons (Fsp3) is 0.793. The third-order valence-corrected chi connectivity index (χ3v) is 13.0. The van der Waals surface area contributed by atoms with Gasteiger partial charge in [-0.3, -0.25) is 9.05 Å². The maximum Gasteiger partial charge on any atom is 0.405 e. The van der Waals surface area contributed by atoms with Crippen LogP contribution in [-0.2, 0) is 27.5 Å². The minimum Gasteiger partial charge on any atom is -0.403 e. The Kier molecular flexibility index (Phi) is 15.8. The van der Waals surface area contributed by atoms with Crippen LogP contribution in [0.25, 0.3) is 0 Å². The van der Waals surface area contributed by atoms with Crippen molar-refractivity contribution in [1.29, 1.82) is 0 Å². The second kappa shape index (κ2) is 17.1. The predicted octanol–water partition coefficient (Wildman–Crippen LogP) is 8.60. The fourth-order valence-corrected chi connectivity index (χ4v) is 5.96. The highest BCUT2D eigenvalue weighted by atomic mass is 31.2. The molecule has 1 aliphatic rings. The van der Waals surface area contributed by atoms with Crippen LogP contribution < -0.4 is 0 Å². The number of allylic oxidation sites excluding steroid dienone is 3. The first-order valence-corrected chi connectivity index (χ1v) is 18.4. The van der Waals surface area contributed by atoms with E-state index in [1.165, 1.54) is 17.6 Å². The van der Waals surface area contributed by atoms with Crippen molar-refractivity contribution in [3.63, 3.8) is 0 Å². The van der Waals surface area contributed by atoms with Gasteiger partial charge in [0.05, 0.1) is 19.8 Å². The van der Waals surface area contributed by atoms with E-state index < -0.39 is 15.9 Å². The molecule has 1 saturated heterocycles. The summed E-state index contributed by atoms with van der Waals surface area (Å²) in [6.07, 6.45) is 11.0. The Morgan fingerprint density at radius 1 is 1.08 bits per heavy atom. The van der Waals surface area contributed by atoms with Gasteiger partial charge < -0.3 is 13.9 Å². The van der Waals surface area contributed by atoms with Crippen LogP contribution >= 0.6 is 7.60 Å². The third kappa shape index (κ3) is 14.3. The van der Waals surface area contributed by atoms with Gasteiger partial charge >= 0.3 is 7.60 Å². The lowest BCUT2D eigenvalue weighted by atomic mass is 10.1. The highest BCUT2D eigenvalue weighted by Crippen LogP contribution is 2.47. The quantitative estimate of drug-likeness (QED) is 0.0871. The largest absolute Gasteiger partial charge is 0.405 e. The average Bonchev–Trinajstić information content (AvgIpc) is 2.81. The van der Waals surface area contributed by atoms with Gasteiger partial charge in [0.15, 0.2) is 14.6 Å². The molecule has 8 heteroatoms. The molecule has 214 valence electrons. The van der Waals surface area contributed by atoms with E-state index in [-0.39, 0.29) is 30.6 Å². The van der Waals surface area contributed by atoms with Crippen molar-refractivity contribution >= 4 is 15.9 Å². The van der Waals surface area contributed by atoms with E-state index >= 15 is 0 Å². The second-order valence-electron chi connectivity index (χ2n) is 11.3. The number of hydrogen-bond donors (Lipinski definition) is 0. The van der Waals surface area contributed by atoms with E-state index in [1.54, 1.807) is 13.8 Å². The van der Waals surface area contributed by atoms with Crippen LogP contribution in [0.15, 0.2) is 23.3 Å². The van der Waals surface area contributed by atoms with E-state index in [4.69, 9.17) is 22.9 Å². The van der Waals surface area contributed by atoms with E-state index in [9.17, 15) is 4.57 Å². The summed E-state index contributed by atoms with van der Waals surface area (Å²) >= 11 is 0. The molecule has 0 aromatic carbocycles. The van der Waals surface area contributed by atoms with Crippen molar-refractivity contribution in [2.45, 2.75) is 124 Å². The van der Waals surface area contributed by atoms with Crippen LogP contribution in [0.5, 0.6) is 0 Å². The molecule has 0 bridgehead atoms. The lowest BCUT2D eigenvalue weighted by molar-refractivity contribution is -0.155. The number of ether oxygens (including phenoxy) is 2. The molecule has 0 aliphatic carbocycles. The summed E-state index contributed by atoms with van der Waals surface area (Å²) in [6, 6.07) is 0. The molecule has 0 amide bonds. The van der Waals surface area contributed by atoms with Crippen molar-refractivity contribution < 1.29 is 27.5 Å². The van der Waals surface area contributed by atoms with Gasteiger partial charge in [-0.25, -0.2) is 4.57 Å². The number of hydrogen-bond acceptors (Lipinski definition) is 6. The van der Waals surface area contributed by atoms with Crippen molar-refractivity contribution in [2.24, 2.45) is 0 Å². The Balaban J connectivity index is 2.72.